The number of aromatic nitrogens is 2. The summed E-state index contributed by atoms with van der Waals surface area (Å²) >= 11 is 5.73. The molecule has 4 rings (SSSR count). The molecule has 224 valence electrons. The molecular weight excluding hydrogens is 652 g/mol. The van der Waals surface area contributed by atoms with E-state index in [0.29, 0.717) is 12.2 Å². The van der Waals surface area contributed by atoms with Crippen molar-refractivity contribution in [3.63, 3.8) is 0 Å². The lowest BCUT2D eigenvalue weighted by atomic mass is 9.97. The van der Waals surface area contributed by atoms with Crippen LogP contribution >= 0.6 is 11.6 Å². The van der Waals surface area contributed by atoms with E-state index in [1.54, 1.807) is 0 Å². The molecule has 1 aliphatic rings. The largest absolute Gasteiger partial charge is 0.505 e. The Balaban J connectivity index is 1.87. The van der Waals surface area contributed by atoms with Crippen molar-refractivity contribution in [3.8, 4) is 5.75 Å². The Morgan fingerprint density at radius 3 is 2.26 bits per heavy atom. The van der Waals surface area contributed by atoms with Crippen molar-refractivity contribution in [2.24, 2.45) is 16.1 Å². The number of nitrogens with one attached hydrogen (secondary N) is 1. The molecule has 0 amide bonds. The highest BCUT2D eigenvalue weighted by Gasteiger charge is 2.48. The van der Waals surface area contributed by atoms with Gasteiger partial charge in [-0.1, -0.05) is 24.6 Å². The van der Waals surface area contributed by atoms with Gasteiger partial charge in [0.25, 0.3) is 30.4 Å². The van der Waals surface area contributed by atoms with Crippen LogP contribution in [0, 0.1) is 17.9 Å². The first-order chi connectivity index (χ1) is 19.2. The van der Waals surface area contributed by atoms with Crippen molar-refractivity contribution in [2.75, 3.05) is 5.32 Å². The number of anilines is 2. The van der Waals surface area contributed by atoms with Gasteiger partial charge in [-0.05, 0) is 41.8 Å². The molecule has 0 aliphatic heterocycles. The smallest absolute Gasteiger partial charge is 0.313 e. The number of azo groups is 1. The van der Waals surface area contributed by atoms with Crippen LogP contribution in [0.25, 0.3) is 10.8 Å². The Kier molecular flexibility index (Phi) is 7.86. The molecule has 1 aliphatic carbocycles. The van der Waals surface area contributed by atoms with Crippen LogP contribution in [-0.2, 0) is 30.4 Å². The number of benzene rings is 2. The van der Waals surface area contributed by atoms with E-state index in [0.717, 1.165) is 25.1 Å². The molecule has 0 fully saturated rings. The van der Waals surface area contributed by atoms with Crippen LogP contribution in [-0.4, -0.2) is 58.9 Å². The summed E-state index contributed by atoms with van der Waals surface area (Å²) in [6, 6.07) is 4.36. The van der Waals surface area contributed by atoms with Crippen molar-refractivity contribution in [3.05, 3.63) is 64.4 Å². The SMILES string of the molecule is CC1C=C(S(=O)(=O)O)C=CC1(N=Nc1c(S(=O)(=O)O)cc2cc(Nc3nc(F)nc(F)c3Cl)ccc2c1O)S(=O)(=O)O. The number of fused-ring (bicyclic) bond motifs is 1. The number of aromatic hydroxyl groups is 1. The second-order valence-corrected chi connectivity index (χ2v) is 13.4. The van der Waals surface area contributed by atoms with Gasteiger partial charge in [0.05, 0.1) is 4.91 Å². The zero-order chi connectivity index (χ0) is 31.4. The Labute approximate surface area is 240 Å². The summed E-state index contributed by atoms with van der Waals surface area (Å²) in [5, 5.41) is 19.5. The number of hydrogen-bond acceptors (Lipinski definition) is 12. The summed E-state index contributed by atoms with van der Waals surface area (Å²) < 4.78 is 128. The van der Waals surface area contributed by atoms with Gasteiger partial charge in [0, 0.05) is 17.0 Å². The van der Waals surface area contributed by atoms with E-state index in [4.69, 9.17) is 11.6 Å². The highest BCUT2D eigenvalue weighted by atomic mass is 35.5. The quantitative estimate of drug-likeness (QED) is 0.104. The summed E-state index contributed by atoms with van der Waals surface area (Å²) in [5.41, 5.74) is -0.952. The third kappa shape index (κ3) is 5.82. The van der Waals surface area contributed by atoms with Gasteiger partial charge in [0.1, 0.15) is 15.6 Å². The van der Waals surface area contributed by atoms with E-state index in [2.05, 4.69) is 25.5 Å². The molecule has 1 heterocycles. The van der Waals surface area contributed by atoms with Crippen LogP contribution < -0.4 is 5.32 Å². The van der Waals surface area contributed by atoms with Gasteiger partial charge >= 0.3 is 6.08 Å². The van der Waals surface area contributed by atoms with Crippen LogP contribution in [0.5, 0.6) is 5.75 Å². The van der Waals surface area contributed by atoms with E-state index >= 15 is 0 Å². The maximum Gasteiger partial charge on any atom is 0.313 e. The summed E-state index contributed by atoms with van der Waals surface area (Å²) in [4.78, 5) is 1.56. The van der Waals surface area contributed by atoms with E-state index in [1.165, 1.54) is 12.1 Å². The lowest BCUT2D eigenvalue weighted by Gasteiger charge is -2.29. The number of phenolic OH excluding ortho intramolecular Hbond substituents is 1. The molecule has 5 N–H and O–H groups in total. The minimum atomic E-state index is -5.27. The number of halogens is 3. The molecule has 21 heteroatoms. The van der Waals surface area contributed by atoms with Crippen LogP contribution in [0.3, 0.4) is 0 Å². The molecule has 0 radical (unpaired) electrons. The summed E-state index contributed by atoms with van der Waals surface area (Å²) in [5.74, 6) is -4.34. The van der Waals surface area contributed by atoms with E-state index < -0.39 is 85.2 Å². The second kappa shape index (κ2) is 10.6. The maximum atomic E-state index is 13.7. The van der Waals surface area contributed by atoms with Crippen molar-refractivity contribution in [1.29, 1.82) is 0 Å². The first-order valence-corrected chi connectivity index (χ1v) is 15.7. The van der Waals surface area contributed by atoms with E-state index in [9.17, 15) is 52.8 Å². The molecule has 1 aromatic heterocycles. The minimum absolute atomic E-state index is 0.0184. The average molecular weight is 668 g/mol. The Hall–Kier alpha value is -3.66. The van der Waals surface area contributed by atoms with E-state index in [-0.39, 0.29) is 16.5 Å². The zero-order valence-electron chi connectivity index (χ0n) is 20.5. The van der Waals surface area contributed by atoms with Gasteiger partial charge in [-0.25, -0.2) is 0 Å². The molecule has 0 saturated carbocycles. The van der Waals surface area contributed by atoms with Crippen LogP contribution in [0.4, 0.5) is 26.0 Å². The zero-order valence-corrected chi connectivity index (χ0v) is 23.7. The Bertz CT molecular complexity index is 2070. The lowest BCUT2D eigenvalue weighted by molar-refractivity contribution is 0.410. The van der Waals surface area contributed by atoms with E-state index in [1.807, 2.05) is 0 Å². The molecule has 42 heavy (non-hydrogen) atoms. The van der Waals surface area contributed by atoms with Gasteiger partial charge in [-0.2, -0.15) is 49.1 Å². The van der Waals surface area contributed by atoms with Crippen LogP contribution in [0.2, 0.25) is 5.02 Å². The number of phenols is 1. The van der Waals surface area contributed by atoms with Crippen molar-refractivity contribution in [2.45, 2.75) is 16.7 Å². The fraction of sp³-hybridized carbons (Fsp3) is 0.143. The molecule has 3 aromatic rings. The number of hydrogen-bond donors (Lipinski definition) is 5. The first kappa shape index (κ1) is 31.3. The fourth-order valence-corrected chi connectivity index (χ4v) is 6.24. The third-order valence-corrected chi connectivity index (χ3v) is 9.43. The predicted octanol–water partition coefficient (Wildman–Crippen LogP) is 3.90. The highest BCUT2D eigenvalue weighted by Crippen LogP contribution is 2.44. The molecule has 2 atom stereocenters. The maximum absolute atomic E-state index is 13.7. The summed E-state index contributed by atoms with van der Waals surface area (Å²) in [7, 11) is -15.3. The monoisotopic (exact) mass is 667 g/mol. The predicted molar refractivity (Wildman–Crippen MR) is 142 cm³/mol. The van der Waals surface area contributed by atoms with Gasteiger partial charge in [0.2, 0.25) is 10.8 Å². The average Bonchev–Trinajstić information content (AvgIpc) is 2.85. The number of rotatable bonds is 7. The molecule has 2 aromatic carbocycles. The molecular formula is C21H16ClF2N5O10S3. The van der Waals surface area contributed by atoms with Crippen LogP contribution in [0.15, 0.2) is 62.5 Å². The Morgan fingerprint density at radius 1 is 1.02 bits per heavy atom. The number of allylic oxidation sites excluding steroid dienone is 1. The van der Waals surface area contributed by atoms with Crippen molar-refractivity contribution < 1.29 is 52.8 Å². The van der Waals surface area contributed by atoms with Crippen molar-refractivity contribution in [1.82, 2.24) is 9.97 Å². The summed E-state index contributed by atoms with van der Waals surface area (Å²) in [6.07, 6.45) is 0.480. The molecule has 0 spiro atoms. The number of nitrogens with zero attached hydrogens (tertiary/aromatic N) is 4. The highest BCUT2D eigenvalue weighted by molar-refractivity contribution is 7.90. The minimum Gasteiger partial charge on any atom is -0.505 e. The van der Waals surface area contributed by atoms with Crippen LogP contribution in [0.1, 0.15) is 6.92 Å². The van der Waals surface area contributed by atoms with Crippen molar-refractivity contribution >= 4 is 69.9 Å². The second-order valence-electron chi connectivity index (χ2n) is 8.65. The first-order valence-electron chi connectivity index (χ1n) is 11.0. The van der Waals surface area contributed by atoms with Gasteiger partial charge in [-0.15, -0.1) is 5.11 Å². The van der Waals surface area contributed by atoms with Gasteiger partial charge in [0.15, 0.2) is 11.6 Å². The molecule has 0 bridgehead atoms. The fourth-order valence-electron chi connectivity index (χ4n) is 3.91. The Morgan fingerprint density at radius 2 is 1.69 bits per heavy atom. The van der Waals surface area contributed by atoms with Gasteiger partial charge in [-0.3, -0.25) is 13.7 Å². The normalized spacial score (nSPS) is 19.8. The lowest BCUT2D eigenvalue weighted by Crippen LogP contribution is -2.41. The topological polar surface area (TPSA) is 246 Å². The molecule has 0 saturated heterocycles. The molecule has 15 nitrogen and oxygen atoms in total. The van der Waals surface area contributed by atoms with Gasteiger partial charge < -0.3 is 10.4 Å². The molecule has 2 unspecified atom stereocenters. The standard InChI is InChI=1S/C21H16ClF2N5O10S3/c1-9-6-12(40(31,32)33)4-5-21(9,42(37,38)39)29-28-16-14(41(34,35)36)8-10-7-11(2-3-13(10)17(16)30)25-19-15(22)18(23)26-20(24)27-19/h2-9,30H,1H3,(H,25,26,27)(H,31,32,33)(H,34,35,36)(H,37,38,39). The third-order valence-electron chi connectivity index (χ3n) is 5.95. The summed E-state index contributed by atoms with van der Waals surface area (Å²) in [6.45, 7) is 1.08.